The molecule has 8 heteroatoms. The minimum Gasteiger partial charge on any atom is -0.462 e. The average Bonchev–Trinajstić information content (AvgIpc) is 3.14. The number of benzene rings is 2. The first-order chi connectivity index (χ1) is 14.6. The van der Waals surface area contributed by atoms with Crippen molar-refractivity contribution in [1.82, 2.24) is 14.8 Å². The highest BCUT2D eigenvalue weighted by atomic mass is 32.2. The van der Waals surface area contributed by atoms with Crippen molar-refractivity contribution in [3.63, 3.8) is 0 Å². The lowest BCUT2D eigenvalue weighted by molar-refractivity contribution is -0.113. The summed E-state index contributed by atoms with van der Waals surface area (Å²) in [5.74, 6) is 0.461. The van der Waals surface area contributed by atoms with Crippen LogP contribution in [0.15, 0.2) is 59.8 Å². The molecule has 2 aromatic carbocycles. The van der Waals surface area contributed by atoms with Crippen molar-refractivity contribution < 1.29 is 14.3 Å². The molecule has 0 atom stereocenters. The van der Waals surface area contributed by atoms with Crippen LogP contribution >= 0.6 is 11.8 Å². The molecule has 3 rings (SSSR count). The SMILES string of the molecule is CCOC(=O)c1cccc(NC(=O)CSc2nnc(Cc3ccccc3)n2CC)c1. The molecule has 1 N–H and O–H groups in total. The highest BCUT2D eigenvalue weighted by molar-refractivity contribution is 7.99. The second-order valence-corrected chi connectivity index (χ2v) is 7.39. The van der Waals surface area contributed by atoms with Gasteiger partial charge >= 0.3 is 5.97 Å². The molecule has 0 radical (unpaired) electrons. The number of nitrogens with one attached hydrogen (secondary N) is 1. The number of hydrogen-bond donors (Lipinski definition) is 1. The van der Waals surface area contributed by atoms with Crippen molar-refractivity contribution >= 4 is 29.3 Å². The Hall–Kier alpha value is -3.13. The van der Waals surface area contributed by atoms with Gasteiger partial charge in [0.1, 0.15) is 5.82 Å². The summed E-state index contributed by atoms with van der Waals surface area (Å²) in [5.41, 5.74) is 2.11. The van der Waals surface area contributed by atoms with Gasteiger partial charge in [0.05, 0.1) is 17.9 Å². The number of carbonyl (C=O) groups is 2. The van der Waals surface area contributed by atoms with Gasteiger partial charge in [-0.1, -0.05) is 48.2 Å². The molecule has 7 nitrogen and oxygen atoms in total. The van der Waals surface area contributed by atoms with Crippen LogP contribution in [-0.2, 0) is 22.5 Å². The number of nitrogens with zero attached hydrogens (tertiary/aromatic N) is 3. The molecule has 0 fully saturated rings. The number of esters is 1. The lowest BCUT2D eigenvalue weighted by atomic mass is 10.1. The first-order valence-corrected chi connectivity index (χ1v) is 10.7. The normalized spacial score (nSPS) is 10.6. The van der Waals surface area contributed by atoms with Gasteiger partial charge in [-0.15, -0.1) is 10.2 Å². The molecule has 156 valence electrons. The summed E-state index contributed by atoms with van der Waals surface area (Å²) in [5, 5.41) is 12.1. The third kappa shape index (κ3) is 5.70. The molecular formula is C22H24N4O3S. The minimum atomic E-state index is -0.412. The summed E-state index contributed by atoms with van der Waals surface area (Å²) < 4.78 is 7.01. The molecule has 1 heterocycles. The Bertz CT molecular complexity index is 1000. The second kappa shape index (κ2) is 10.6. The van der Waals surface area contributed by atoms with Crippen LogP contribution in [0.3, 0.4) is 0 Å². The maximum atomic E-state index is 12.4. The van der Waals surface area contributed by atoms with Crippen LogP contribution in [0.2, 0.25) is 0 Å². The fourth-order valence-electron chi connectivity index (χ4n) is 2.92. The van der Waals surface area contributed by atoms with E-state index in [1.54, 1.807) is 31.2 Å². The Morgan fingerprint density at radius 1 is 1.07 bits per heavy atom. The van der Waals surface area contributed by atoms with Gasteiger partial charge in [-0.05, 0) is 37.6 Å². The number of aromatic nitrogens is 3. The zero-order chi connectivity index (χ0) is 21.3. The Kier molecular flexibility index (Phi) is 7.62. The molecule has 0 spiro atoms. The smallest absolute Gasteiger partial charge is 0.338 e. The van der Waals surface area contributed by atoms with Crippen LogP contribution in [0.25, 0.3) is 0 Å². The quantitative estimate of drug-likeness (QED) is 0.415. The lowest BCUT2D eigenvalue weighted by Gasteiger charge is -2.09. The maximum Gasteiger partial charge on any atom is 0.338 e. The van der Waals surface area contributed by atoms with Gasteiger partial charge in [0.15, 0.2) is 5.16 Å². The molecular weight excluding hydrogens is 400 g/mol. The lowest BCUT2D eigenvalue weighted by Crippen LogP contribution is -2.15. The topological polar surface area (TPSA) is 86.1 Å². The largest absolute Gasteiger partial charge is 0.462 e. The van der Waals surface area contributed by atoms with E-state index in [4.69, 9.17) is 4.74 Å². The van der Waals surface area contributed by atoms with E-state index < -0.39 is 5.97 Å². The molecule has 1 aromatic heterocycles. The highest BCUT2D eigenvalue weighted by Gasteiger charge is 2.14. The molecule has 0 saturated heterocycles. The standard InChI is InChI=1S/C22H24N4O3S/c1-3-26-19(13-16-9-6-5-7-10-16)24-25-22(26)30-15-20(27)23-18-12-8-11-17(14-18)21(28)29-4-2/h5-12,14H,3-4,13,15H2,1-2H3,(H,23,27). The Balaban J connectivity index is 1.60. The van der Waals surface area contributed by atoms with Crippen LogP contribution in [0.1, 0.15) is 35.6 Å². The number of rotatable bonds is 9. The molecule has 1 amide bonds. The highest BCUT2D eigenvalue weighted by Crippen LogP contribution is 2.20. The van der Waals surface area contributed by atoms with E-state index in [1.807, 2.05) is 29.7 Å². The number of hydrogen-bond acceptors (Lipinski definition) is 6. The minimum absolute atomic E-state index is 0.184. The van der Waals surface area contributed by atoms with Crippen LogP contribution in [-0.4, -0.2) is 39.0 Å². The predicted octanol–water partition coefficient (Wildman–Crippen LogP) is 3.80. The third-order valence-electron chi connectivity index (χ3n) is 4.30. The number of ether oxygens (including phenoxy) is 1. The van der Waals surface area contributed by atoms with E-state index in [0.717, 1.165) is 17.9 Å². The van der Waals surface area contributed by atoms with Crippen molar-refractivity contribution in [2.75, 3.05) is 17.7 Å². The van der Waals surface area contributed by atoms with Gasteiger partial charge < -0.3 is 14.6 Å². The van der Waals surface area contributed by atoms with Crippen LogP contribution in [0.5, 0.6) is 0 Å². The van der Waals surface area contributed by atoms with Crippen molar-refractivity contribution in [2.45, 2.75) is 32.0 Å². The van der Waals surface area contributed by atoms with Crippen molar-refractivity contribution in [1.29, 1.82) is 0 Å². The maximum absolute atomic E-state index is 12.4. The van der Waals surface area contributed by atoms with Crippen molar-refractivity contribution in [2.24, 2.45) is 0 Å². The zero-order valence-electron chi connectivity index (χ0n) is 17.0. The van der Waals surface area contributed by atoms with E-state index in [2.05, 4.69) is 27.6 Å². The third-order valence-corrected chi connectivity index (χ3v) is 5.27. The Morgan fingerprint density at radius 3 is 2.60 bits per heavy atom. The van der Waals surface area contributed by atoms with E-state index in [9.17, 15) is 9.59 Å². The Labute approximate surface area is 179 Å². The molecule has 0 unspecified atom stereocenters. The predicted molar refractivity (Wildman–Crippen MR) is 117 cm³/mol. The summed E-state index contributed by atoms with van der Waals surface area (Å²) in [6, 6.07) is 16.8. The fraction of sp³-hybridized carbons (Fsp3) is 0.273. The second-order valence-electron chi connectivity index (χ2n) is 6.44. The molecule has 0 aliphatic carbocycles. The van der Waals surface area contributed by atoms with Gasteiger partial charge in [-0.25, -0.2) is 4.79 Å². The van der Waals surface area contributed by atoms with Crippen molar-refractivity contribution in [3.05, 3.63) is 71.5 Å². The molecule has 3 aromatic rings. The summed E-state index contributed by atoms with van der Waals surface area (Å²) >= 11 is 1.33. The Morgan fingerprint density at radius 2 is 1.87 bits per heavy atom. The number of anilines is 1. The van der Waals surface area contributed by atoms with Crippen LogP contribution in [0.4, 0.5) is 5.69 Å². The fourth-order valence-corrected chi connectivity index (χ4v) is 3.74. The summed E-state index contributed by atoms with van der Waals surface area (Å²) in [7, 11) is 0. The number of carbonyl (C=O) groups excluding carboxylic acids is 2. The average molecular weight is 425 g/mol. The van der Waals surface area contributed by atoms with Gasteiger partial charge in [0, 0.05) is 18.7 Å². The summed E-state index contributed by atoms with van der Waals surface area (Å²) in [4.78, 5) is 24.2. The van der Waals surface area contributed by atoms with Gasteiger partial charge in [-0.3, -0.25) is 4.79 Å². The summed E-state index contributed by atoms with van der Waals surface area (Å²) in [6.07, 6.45) is 0.690. The van der Waals surface area contributed by atoms with Crippen LogP contribution < -0.4 is 5.32 Å². The first kappa shape index (κ1) is 21.6. The van der Waals surface area contributed by atoms with E-state index in [1.165, 1.54) is 11.8 Å². The van der Waals surface area contributed by atoms with Crippen LogP contribution in [0, 0.1) is 0 Å². The molecule has 0 bridgehead atoms. The molecule has 0 aliphatic rings. The van der Waals surface area contributed by atoms with E-state index in [0.29, 0.717) is 29.4 Å². The number of thioether (sulfide) groups is 1. The van der Waals surface area contributed by atoms with Gasteiger partial charge in [-0.2, -0.15) is 0 Å². The summed E-state index contributed by atoms with van der Waals surface area (Å²) in [6.45, 7) is 4.81. The van der Waals surface area contributed by atoms with E-state index >= 15 is 0 Å². The zero-order valence-corrected chi connectivity index (χ0v) is 17.8. The molecule has 0 saturated carbocycles. The van der Waals surface area contributed by atoms with Crippen molar-refractivity contribution in [3.8, 4) is 0 Å². The first-order valence-electron chi connectivity index (χ1n) is 9.76. The molecule has 0 aliphatic heterocycles. The number of amides is 1. The van der Waals surface area contributed by atoms with E-state index in [-0.39, 0.29) is 11.7 Å². The van der Waals surface area contributed by atoms with Gasteiger partial charge in [0.25, 0.3) is 0 Å². The molecule has 30 heavy (non-hydrogen) atoms. The van der Waals surface area contributed by atoms with Gasteiger partial charge in [0.2, 0.25) is 5.91 Å². The monoisotopic (exact) mass is 424 g/mol.